The fraction of sp³-hybridized carbons (Fsp3) is 0.645. The predicted molar refractivity (Wildman–Crippen MR) is 156 cm³/mol. The molecule has 6 atom stereocenters. The van der Waals surface area contributed by atoms with Crippen molar-refractivity contribution in [2.45, 2.75) is 102 Å². The Bertz CT molecular complexity index is 926. The standard InChI is InChI=1S/C31H48N2O8/c1-2-32-30(36)16-10-4-3-9-15-27-26(21-20-25(34)19-18-24-13-7-5-8-14-24)28(35)23-29(27)41-31(37)17-11-6-12-22-40-33(38)39/h3,5,7-9,13-14,20-21,25-30,32,34-36H,2,4,6,10-12,15-19,22-23H2,1H3/b9-3-,21-20+/t25-,26+,27+,28+,29-,30?/m0/s1. The van der Waals surface area contributed by atoms with Gasteiger partial charge in [0.25, 0.3) is 5.09 Å². The maximum atomic E-state index is 12.6. The van der Waals surface area contributed by atoms with Crippen molar-refractivity contribution in [3.63, 3.8) is 0 Å². The number of benzene rings is 1. The fourth-order valence-corrected chi connectivity index (χ4v) is 5.18. The molecule has 0 bridgehead atoms. The lowest BCUT2D eigenvalue weighted by atomic mass is 9.89. The summed E-state index contributed by atoms with van der Waals surface area (Å²) < 4.78 is 5.81. The summed E-state index contributed by atoms with van der Waals surface area (Å²) in [5, 5.41) is 43.6. The molecule has 0 heterocycles. The number of aliphatic hydroxyl groups excluding tert-OH is 3. The normalized spacial score (nSPS) is 22.2. The Kier molecular flexibility index (Phi) is 16.9. The van der Waals surface area contributed by atoms with Gasteiger partial charge in [-0.1, -0.05) is 68.0 Å². The molecule has 41 heavy (non-hydrogen) atoms. The predicted octanol–water partition coefficient (Wildman–Crippen LogP) is 4.26. The van der Waals surface area contributed by atoms with Crippen molar-refractivity contribution in [3.8, 4) is 0 Å². The van der Waals surface area contributed by atoms with Crippen molar-refractivity contribution in [2.75, 3.05) is 13.2 Å². The number of ether oxygens (including phenoxy) is 1. The van der Waals surface area contributed by atoms with Gasteiger partial charge in [0.05, 0.1) is 18.8 Å². The summed E-state index contributed by atoms with van der Waals surface area (Å²) in [4.78, 5) is 27.1. The molecule has 1 aromatic rings. The van der Waals surface area contributed by atoms with E-state index in [1.54, 1.807) is 6.08 Å². The highest BCUT2D eigenvalue weighted by Crippen LogP contribution is 2.38. The van der Waals surface area contributed by atoms with Gasteiger partial charge in [-0.15, -0.1) is 10.1 Å². The molecule has 10 nitrogen and oxygen atoms in total. The van der Waals surface area contributed by atoms with Crippen LogP contribution >= 0.6 is 0 Å². The molecule has 2 rings (SSSR count). The first kappa shape index (κ1) is 34.4. The van der Waals surface area contributed by atoms with Crippen molar-refractivity contribution in [2.24, 2.45) is 11.8 Å². The summed E-state index contributed by atoms with van der Waals surface area (Å²) in [6, 6.07) is 9.96. The van der Waals surface area contributed by atoms with E-state index in [4.69, 9.17) is 4.74 Å². The minimum Gasteiger partial charge on any atom is -0.462 e. The molecule has 1 aliphatic rings. The first-order valence-corrected chi connectivity index (χ1v) is 14.9. The van der Waals surface area contributed by atoms with E-state index in [1.165, 1.54) is 0 Å². The van der Waals surface area contributed by atoms with Gasteiger partial charge in [-0.2, -0.15) is 0 Å². The van der Waals surface area contributed by atoms with Crippen LogP contribution in [0, 0.1) is 22.0 Å². The summed E-state index contributed by atoms with van der Waals surface area (Å²) in [7, 11) is 0. The maximum Gasteiger partial charge on any atom is 0.306 e. The van der Waals surface area contributed by atoms with Gasteiger partial charge in [0.15, 0.2) is 0 Å². The minimum atomic E-state index is -0.825. The van der Waals surface area contributed by atoms with E-state index in [1.807, 2.05) is 49.4 Å². The van der Waals surface area contributed by atoms with Crippen molar-refractivity contribution >= 4 is 5.97 Å². The Labute approximate surface area is 243 Å². The van der Waals surface area contributed by atoms with Crippen LogP contribution in [0.1, 0.15) is 76.7 Å². The molecule has 0 aromatic heterocycles. The lowest BCUT2D eigenvalue weighted by Crippen LogP contribution is -2.27. The second kappa shape index (κ2) is 20.1. The molecular weight excluding hydrogens is 528 g/mol. The van der Waals surface area contributed by atoms with E-state index in [0.717, 1.165) is 24.8 Å². The molecule has 10 heteroatoms. The van der Waals surface area contributed by atoms with Crippen molar-refractivity contribution in [1.82, 2.24) is 5.32 Å². The number of aliphatic hydroxyl groups is 3. The number of hydrogen-bond acceptors (Lipinski definition) is 9. The molecule has 1 unspecified atom stereocenters. The minimum absolute atomic E-state index is 0.00453. The zero-order valence-electron chi connectivity index (χ0n) is 24.2. The number of hydrogen-bond donors (Lipinski definition) is 4. The van der Waals surface area contributed by atoms with Crippen LogP contribution in [0.5, 0.6) is 0 Å². The first-order valence-electron chi connectivity index (χ1n) is 14.9. The second-order valence-electron chi connectivity index (χ2n) is 10.6. The Morgan fingerprint density at radius 3 is 2.66 bits per heavy atom. The van der Waals surface area contributed by atoms with E-state index in [0.29, 0.717) is 51.5 Å². The average Bonchev–Trinajstić information content (AvgIpc) is 3.23. The maximum absolute atomic E-state index is 12.6. The quantitative estimate of drug-likeness (QED) is 0.0420. The molecule has 0 saturated heterocycles. The Morgan fingerprint density at radius 1 is 1.15 bits per heavy atom. The number of unbranched alkanes of at least 4 members (excludes halogenated alkanes) is 3. The molecule has 230 valence electrons. The van der Waals surface area contributed by atoms with E-state index < -0.39 is 29.6 Å². The summed E-state index contributed by atoms with van der Waals surface area (Å²) in [5.41, 5.74) is 1.15. The van der Waals surface area contributed by atoms with Gasteiger partial charge in [0.2, 0.25) is 0 Å². The van der Waals surface area contributed by atoms with Crippen molar-refractivity contribution in [1.29, 1.82) is 0 Å². The molecule has 0 spiro atoms. The highest BCUT2D eigenvalue weighted by Gasteiger charge is 2.42. The molecule has 1 aliphatic carbocycles. The SMILES string of the molecule is CCNC(O)CCC/C=C\C[C@@H]1[C@@H](/C=C/[C@@H](O)CCc2ccccc2)[C@H](O)C[C@@H]1OC(=O)CCCCCO[N+](=O)[O-]. The molecule has 0 amide bonds. The third kappa shape index (κ3) is 14.6. The third-order valence-electron chi connectivity index (χ3n) is 7.38. The molecule has 1 aromatic carbocycles. The number of esters is 1. The average molecular weight is 577 g/mol. The topological polar surface area (TPSA) is 151 Å². The Hall–Kier alpha value is -2.79. The number of allylic oxidation sites excluding steroid dienone is 2. The van der Waals surface area contributed by atoms with Crippen LogP contribution < -0.4 is 5.32 Å². The smallest absolute Gasteiger partial charge is 0.306 e. The zero-order valence-corrected chi connectivity index (χ0v) is 24.2. The third-order valence-corrected chi connectivity index (χ3v) is 7.38. The van der Waals surface area contributed by atoms with Gasteiger partial charge < -0.3 is 24.9 Å². The van der Waals surface area contributed by atoms with Crippen LogP contribution in [0.4, 0.5) is 0 Å². The van der Waals surface area contributed by atoms with Gasteiger partial charge in [0.1, 0.15) is 12.3 Å². The van der Waals surface area contributed by atoms with Crippen molar-refractivity contribution in [3.05, 3.63) is 70.3 Å². The highest BCUT2D eigenvalue weighted by atomic mass is 16.9. The van der Waals surface area contributed by atoms with Crippen LogP contribution in [-0.4, -0.2) is 64.1 Å². The van der Waals surface area contributed by atoms with Gasteiger partial charge in [-0.05, 0) is 63.5 Å². The molecule has 4 N–H and O–H groups in total. The summed E-state index contributed by atoms with van der Waals surface area (Å²) in [6.45, 7) is 2.67. The molecule has 0 radical (unpaired) electrons. The Balaban J connectivity index is 1.92. The molecule has 1 saturated carbocycles. The van der Waals surface area contributed by atoms with E-state index >= 15 is 0 Å². The lowest BCUT2D eigenvalue weighted by Gasteiger charge is -2.23. The number of carbonyl (C=O) groups excluding carboxylic acids is 1. The zero-order chi connectivity index (χ0) is 29.9. The number of nitrogens with one attached hydrogen (secondary N) is 1. The Morgan fingerprint density at radius 2 is 1.93 bits per heavy atom. The molecular formula is C31H48N2O8. The van der Waals surface area contributed by atoms with Crippen molar-refractivity contribution < 1.29 is 34.8 Å². The van der Waals surface area contributed by atoms with Gasteiger partial charge in [0, 0.05) is 24.7 Å². The fourth-order valence-electron chi connectivity index (χ4n) is 5.18. The summed E-state index contributed by atoms with van der Waals surface area (Å²) >= 11 is 0. The van der Waals surface area contributed by atoms with Gasteiger partial charge in [-0.25, -0.2) is 0 Å². The lowest BCUT2D eigenvalue weighted by molar-refractivity contribution is -0.757. The number of aryl methyl sites for hydroxylation is 1. The van der Waals surface area contributed by atoms with E-state index in [9.17, 15) is 30.2 Å². The van der Waals surface area contributed by atoms with Crippen LogP contribution in [0.3, 0.4) is 0 Å². The van der Waals surface area contributed by atoms with Crippen LogP contribution in [-0.2, 0) is 20.8 Å². The van der Waals surface area contributed by atoms with Crippen LogP contribution in [0.25, 0.3) is 0 Å². The highest BCUT2D eigenvalue weighted by molar-refractivity contribution is 5.69. The second-order valence-corrected chi connectivity index (χ2v) is 10.6. The van der Waals surface area contributed by atoms with E-state index in [2.05, 4.69) is 16.2 Å². The van der Waals surface area contributed by atoms with Gasteiger partial charge >= 0.3 is 5.97 Å². The number of carbonyl (C=O) groups is 1. The largest absolute Gasteiger partial charge is 0.462 e. The number of nitrogens with zero attached hydrogens (tertiary/aromatic N) is 1. The van der Waals surface area contributed by atoms with Crippen LogP contribution in [0.2, 0.25) is 0 Å². The molecule has 0 aliphatic heterocycles. The molecule has 1 fully saturated rings. The van der Waals surface area contributed by atoms with Crippen LogP contribution in [0.15, 0.2) is 54.6 Å². The van der Waals surface area contributed by atoms with E-state index in [-0.39, 0.29) is 30.8 Å². The summed E-state index contributed by atoms with van der Waals surface area (Å²) in [6.07, 6.45) is 11.8. The summed E-state index contributed by atoms with van der Waals surface area (Å²) in [5.74, 6) is -0.751. The first-order chi connectivity index (χ1) is 19.8. The monoisotopic (exact) mass is 576 g/mol. The van der Waals surface area contributed by atoms with Gasteiger partial charge in [-0.3, -0.25) is 10.1 Å². The number of rotatable bonds is 21.